The summed E-state index contributed by atoms with van der Waals surface area (Å²) in [6, 6.07) is 19.7. The third-order valence-corrected chi connectivity index (χ3v) is 3.33. The van der Waals surface area contributed by atoms with Crippen LogP contribution in [-0.2, 0) is 4.79 Å². The van der Waals surface area contributed by atoms with E-state index in [1.807, 2.05) is 60.7 Å². The van der Waals surface area contributed by atoms with Crippen LogP contribution in [0.2, 0.25) is 0 Å². The van der Waals surface area contributed by atoms with Gasteiger partial charge < -0.3 is 5.32 Å². The molecule has 0 aliphatic carbocycles. The summed E-state index contributed by atoms with van der Waals surface area (Å²) in [5.74, 6) is -0.000418. The topological polar surface area (TPSA) is 42.0 Å². The van der Waals surface area contributed by atoms with E-state index in [0.717, 1.165) is 27.9 Å². The minimum atomic E-state index is -0.000418. The molecule has 3 heteroatoms. The van der Waals surface area contributed by atoms with Gasteiger partial charge in [-0.3, -0.25) is 9.78 Å². The van der Waals surface area contributed by atoms with Crippen LogP contribution in [0.25, 0.3) is 16.6 Å². The summed E-state index contributed by atoms with van der Waals surface area (Å²) in [5, 5.41) is 4.41. The standard InChI is InChI=1S/C19H16N2O/c1-14(22)13-18(15-7-3-2-4-8-15)21-17-11-5-9-16-10-6-12-20-19(16)17/h2-13,21H,1H3/b18-13+. The largest absolute Gasteiger partial charge is 0.353 e. The fourth-order valence-electron chi connectivity index (χ4n) is 2.36. The Bertz CT molecular complexity index is 833. The van der Waals surface area contributed by atoms with Gasteiger partial charge in [0, 0.05) is 23.4 Å². The summed E-state index contributed by atoms with van der Waals surface area (Å²) in [7, 11) is 0. The van der Waals surface area contributed by atoms with Crippen LogP contribution in [0.3, 0.4) is 0 Å². The van der Waals surface area contributed by atoms with Crippen molar-refractivity contribution in [2.75, 3.05) is 5.32 Å². The molecule has 0 aliphatic heterocycles. The molecule has 0 radical (unpaired) electrons. The lowest BCUT2D eigenvalue weighted by Gasteiger charge is -2.13. The third-order valence-electron chi connectivity index (χ3n) is 3.33. The fraction of sp³-hybridized carbons (Fsp3) is 0.0526. The Kier molecular flexibility index (Phi) is 3.97. The monoisotopic (exact) mass is 288 g/mol. The van der Waals surface area contributed by atoms with Crippen LogP contribution in [0, 0.1) is 0 Å². The first-order valence-electron chi connectivity index (χ1n) is 7.12. The van der Waals surface area contributed by atoms with E-state index in [1.54, 1.807) is 19.2 Å². The second-order valence-corrected chi connectivity index (χ2v) is 5.04. The average Bonchev–Trinajstić information content (AvgIpc) is 2.55. The van der Waals surface area contributed by atoms with Gasteiger partial charge in [-0.05, 0) is 24.6 Å². The zero-order valence-electron chi connectivity index (χ0n) is 12.3. The van der Waals surface area contributed by atoms with Crippen molar-refractivity contribution in [2.24, 2.45) is 0 Å². The Hall–Kier alpha value is -2.94. The van der Waals surface area contributed by atoms with Crippen molar-refractivity contribution in [3.63, 3.8) is 0 Å². The molecule has 108 valence electrons. The first-order chi connectivity index (χ1) is 10.7. The quantitative estimate of drug-likeness (QED) is 0.729. The first-order valence-corrected chi connectivity index (χ1v) is 7.12. The molecule has 0 saturated heterocycles. The number of hydrogen-bond donors (Lipinski definition) is 1. The van der Waals surface area contributed by atoms with E-state index in [2.05, 4.69) is 10.3 Å². The van der Waals surface area contributed by atoms with E-state index in [1.165, 1.54) is 0 Å². The molecule has 3 rings (SSSR count). The Morgan fingerprint density at radius 3 is 2.55 bits per heavy atom. The van der Waals surface area contributed by atoms with Crippen molar-refractivity contribution in [3.05, 3.63) is 78.5 Å². The normalized spacial score (nSPS) is 11.4. The SMILES string of the molecule is CC(=O)/C=C(/Nc1cccc2cccnc12)c1ccccc1. The van der Waals surface area contributed by atoms with Crippen LogP contribution < -0.4 is 5.32 Å². The molecule has 0 amide bonds. The fourth-order valence-corrected chi connectivity index (χ4v) is 2.36. The summed E-state index contributed by atoms with van der Waals surface area (Å²) in [6.45, 7) is 1.55. The van der Waals surface area contributed by atoms with Crippen LogP contribution in [0.4, 0.5) is 5.69 Å². The number of pyridine rings is 1. The van der Waals surface area contributed by atoms with Gasteiger partial charge in [0.2, 0.25) is 0 Å². The van der Waals surface area contributed by atoms with E-state index < -0.39 is 0 Å². The maximum Gasteiger partial charge on any atom is 0.154 e. The molecule has 0 fully saturated rings. The lowest BCUT2D eigenvalue weighted by atomic mass is 10.1. The first kappa shape index (κ1) is 14.0. The van der Waals surface area contributed by atoms with E-state index in [9.17, 15) is 4.79 Å². The van der Waals surface area contributed by atoms with Gasteiger partial charge in [-0.25, -0.2) is 0 Å². The summed E-state index contributed by atoms with van der Waals surface area (Å²) in [4.78, 5) is 16.0. The molecule has 0 aliphatic rings. The molecule has 0 atom stereocenters. The number of benzene rings is 2. The van der Waals surface area contributed by atoms with Crippen molar-refractivity contribution < 1.29 is 4.79 Å². The summed E-state index contributed by atoms with van der Waals surface area (Å²) in [6.07, 6.45) is 3.38. The average molecular weight is 288 g/mol. The Labute approximate surface area is 129 Å². The number of allylic oxidation sites excluding steroid dienone is 1. The minimum absolute atomic E-state index is 0.000418. The molecule has 1 aromatic heterocycles. The number of aromatic nitrogens is 1. The van der Waals surface area contributed by atoms with Gasteiger partial charge in [0.05, 0.1) is 11.2 Å². The Morgan fingerprint density at radius 2 is 1.77 bits per heavy atom. The molecule has 0 spiro atoms. The lowest BCUT2D eigenvalue weighted by molar-refractivity contribution is -0.112. The molecule has 1 N–H and O–H groups in total. The maximum atomic E-state index is 11.5. The van der Waals surface area contributed by atoms with Crippen LogP contribution in [-0.4, -0.2) is 10.8 Å². The van der Waals surface area contributed by atoms with E-state index in [-0.39, 0.29) is 5.78 Å². The van der Waals surface area contributed by atoms with Gasteiger partial charge in [0.25, 0.3) is 0 Å². The minimum Gasteiger partial charge on any atom is -0.353 e. The molecular formula is C19H16N2O. The van der Waals surface area contributed by atoms with Gasteiger partial charge in [-0.15, -0.1) is 0 Å². The highest BCUT2D eigenvalue weighted by atomic mass is 16.1. The van der Waals surface area contributed by atoms with Crippen molar-refractivity contribution in [1.29, 1.82) is 0 Å². The van der Waals surface area contributed by atoms with Gasteiger partial charge in [0.1, 0.15) is 0 Å². The van der Waals surface area contributed by atoms with E-state index in [0.29, 0.717) is 0 Å². The molecule has 0 unspecified atom stereocenters. The lowest BCUT2D eigenvalue weighted by Crippen LogP contribution is -2.02. The van der Waals surface area contributed by atoms with Gasteiger partial charge >= 0.3 is 0 Å². The third kappa shape index (κ3) is 3.04. The van der Waals surface area contributed by atoms with Crippen LogP contribution in [0.1, 0.15) is 12.5 Å². The second kappa shape index (κ2) is 6.22. The van der Waals surface area contributed by atoms with Crippen molar-refractivity contribution in [1.82, 2.24) is 4.98 Å². The number of fused-ring (bicyclic) bond motifs is 1. The number of nitrogens with one attached hydrogen (secondary N) is 1. The molecule has 2 aromatic carbocycles. The zero-order valence-corrected chi connectivity index (χ0v) is 12.3. The van der Waals surface area contributed by atoms with Crippen molar-refractivity contribution in [2.45, 2.75) is 6.92 Å². The highest BCUT2D eigenvalue weighted by Crippen LogP contribution is 2.25. The molecule has 3 nitrogen and oxygen atoms in total. The zero-order chi connectivity index (χ0) is 15.4. The highest BCUT2D eigenvalue weighted by Gasteiger charge is 2.06. The number of rotatable bonds is 4. The van der Waals surface area contributed by atoms with E-state index in [4.69, 9.17) is 0 Å². The molecule has 3 aromatic rings. The molecule has 0 bridgehead atoms. The smallest absolute Gasteiger partial charge is 0.154 e. The number of carbonyl (C=O) groups is 1. The second-order valence-electron chi connectivity index (χ2n) is 5.04. The van der Waals surface area contributed by atoms with Crippen LogP contribution in [0.15, 0.2) is 72.9 Å². The Balaban J connectivity index is 2.05. The van der Waals surface area contributed by atoms with Crippen molar-refractivity contribution in [3.8, 4) is 0 Å². The number of para-hydroxylation sites is 1. The maximum absolute atomic E-state index is 11.5. The molecule has 1 heterocycles. The predicted octanol–water partition coefficient (Wildman–Crippen LogP) is 4.28. The molecular weight excluding hydrogens is 272 g/mol. The Morgan fingerprint density at radius 1 is 1.00 bits per heavy atom. The highest BCUT2D eigenvalue weighted by molar-refractivity contribution is 6.00. The summed E-state index contributed by atoms with van der Waals surface area (Å²) in [5.41, 5.74) is 3.50. The molecule has 22 heavy (non-hydrogen) atoms. The molecule has 0 saturated carbocycles. The number of nitrogens with zero attached hydrogens (tertiary/aromatic N) is 1. The number of hydrogen-bond acceptors (Lipinski definition) is 3. The van der Waals surface area contributed by atoms with Gasteiger partial charge in [-0.1, -0.05) is 48.5 Å². The van der Waals surface area contributed by atoms with Gasteiger partial charge in [-0.2, -0.15) is 0 Å². The van der Waals surface area contributed by atoms with E-state index >= 15 is 0 Å². The summed E-state index contributed by atoms with van der Waals surface area (Å²) < 4.78 is 0. The van der Waals surface area contributed by atoms with Gasteiger partial charge in [0.15, 0.2) is 5.78 Å². The van der Waals surface area contributed by atoms with Crippen LogP contribution in [0.5, 0.6) is 0 Å². The van der Waals surface area contributed by atoms with Crippen LogP contribution >= 0.6 is 0 Å². The summed E-state index contributed by atoms with van der Waals surface area (Å²) >= 11 is 0. The number of carbonyl (C=O) groups excluding carboxylic acids is 1. The number of anilines is 1. The number of ketones is 1. The predicted molar refractivity (Wildman–Crippen MR) is 90.5 cm³/mol. The van der Waals surface area contributed by atoms with Crippen molar-refractivity contribution >= 4 is 28.1 Å².